The van der Waals surface area contributed by atoms with Crippen LogP contribution in [0.2, 0.25) is 10.0 Å². The Morgan fingerprint density at radius 2 is 1.83 bits per heavy atom. The van der Waals surface area contributed by atoms with Crippen LogP contribution in [0.3, 0.4) is 0 Å². The van der Waals surface area contributed by atoms with E-state index in [0.29, 0.717) is 42.0 Å². The third kappa shape index (κ3) is 7.34. The van der Waals surface area contributed by atoms with Crippen molar-refractivity contribution in [2.75, 3.05) is 12.9 Å². The van der Waals surface area contributed by atoms with Gasteiger partial charge in [0, 0.05) is 36.1 Å². The Morgan fingerprint density at radius 1 is 1.08 bits per heavy atom. The van der Waals surface area contributed by atoms with Crippen LogP contribution in [0.25, 0.3) is 11.8 Å². The van der Waals surface area contributed by atoms with Crippen LogP contribution in [0.1, 0.15) is 35.2 Å². The van der Waals surface area contributed by atoms with Gasteiger partial charge in [0.1, 0.15) is 12.4 Å². The number of benzene rings is 4. The lowest BCUT2D eigenvalue weighted by atomic mass is 9.93. The van der Waals surface area contributed by atoms with Crippen molar-refractivity contribution in [3.63, 3.8) is 0 Å². The average Bonchev–Trinajstić information content (AvgIpc) is 3.38. The number of ether oxygens (including phenoxy) is 2. The number of carbonyl (C=O) groups excluding carboxylic acids is 1. The van der Waals surface area contributed by atoms with Crippen LogP contribution >= 0.6 is 84.8 Å². The number of hydrogen-bond donors (Lipinski definition) is 0. The molecule has 1 aromatic heterocycles. The van der Waals surface area contributed by atoms with Gasteiger partial charge in [-0.15, -0.1) is 11.8 Å². The number of aromatic nitrogens is 1. The molecule has 0 bridgehead atoms. The van der Waals surface area contributed by atoms with E-state index in [4.69, 9.17) is 37.7 Å². The third-order valence-corrected chi connectivity index (χ3v) is 11.1. The number of carbonyl (C=O) groups is 1. The van der Waals surface area contributed by atoms with E-state index in [2.05, 4.69) is 38.5 Å². The average molecular weight is 892 g/mol. The molecule has 0 spiro atoms. The van der Waals surface area contributed by atoms with Gasteiger partial charge in [0.05, 0.1) is 32.0 Å². The molecule has 5 aromatic rings. The predicted molar refractivity (Wildman–Crippen MR) is 207 cm³/mol. The summed E-state index contributed by atoms with van der Waals surface area (Å²) in [5.74, 6) is 0.0726. The maximum atomic E-state index is 14.5. The highest BCUT2D eigenvalue weighted by atomic mass is 127. The summed E-state index contributed by atoms with van der Waals surface area (Å²) in [5.41, 5.74) is 3.49. The van der Waals surface area contributed by atoms with Gasteiger partial charge in [0.25, 0.3) is 5.56 Å². The predicted octanol–water partition coefficient (Wildman–Crippen LogP) is 8.91. The number of fused-ring (bicyclic) bond motifs is 1. The topological polar surface area (TPSA) is 69.9 Å². The van der Waals surface area contributed by atoms with Crippen molar-refractivity contribution in [3.05, 3.63) is 151 Å². The molecule has 1 aliphatic heterocycles. The first-order valence-corrected chi connectivity index (χ1v) is 19.3. The van der Waals surface area contributed by atoms with Crippen LogP contribution in [0.15, 0.2) is 110 Å². The van der Waals surface area contributed by atoms with Crippen LogP contribution in [-0.2, 0) is 16.1 Å². The van der Waals surface area contributed by atoms with Crippen LogP contribution in [0.5, 0.6) is 5.75 Å². The van der Waals surface area contributed by atoms with Crippen molar-refractivity contribution in [2.45, 2.75) is 24.5 Å². The highest BCUT2D eigenvalue weighted by Crippen LogP contribution is 2.36. The van der Waals surface area contributed by atoms with E-state index in [0.717, 1.165) is 29.6 Å². The minimum absolute atomic E-state index is 0.179. The number of thiazole rings is 1. The van der Waals surface area contributed by atoms with E-state index < -0.39 is 12.0 Å². The molecule has 0 fully saturated rings. The Balaban J connectivity index is 1.55. The van der Waals surface area contributed by atoms with E-state index in [1.807, 2.05) is 79.1 Å². The fraction of sp³-hybridized carbons (Fsp3) is 0.139. The lowest BCUT2D eigenvalue weighted by Gasteiger charge is -2.26. The molecule has 0 aliphatic carbocycles. The number of thioether (sulfide) groups is 1. The maximum Gasteiger partial charge on any atom is 0.338 e. The van der Waals surface area contributed by atoms with E-state index >= 15 is 0 Å². The summed E-state index contributed by atoms with van der Waals surface area (Å²) in [7, 11) is 0. The first-order valence-electron chi connectivity index (χ1n) is 14.7. The highest BCUT2D eigenvalue weighted by molar-refractivity contribution is 14.1. The molecule has 244 valence electrons. The summed E-state index contributed by atoms with van der Waals surface area (Å²) >= 11 is 21.2. The molecular weight excluding hydrogens is 866 g/mol. The van der Waals surface area contributed by atoms with Gasteiger partial charge >= 0.3 is 5.97 Å². The molecule has 4 aromatic carbocycles. The van der Waals surface area contributed by atoms with Gasteiger partial charge in [-0.25, -0.2) is 9.79 Å². The van der Waals surface area contributed by atoms with Gasteiger partial charge < -0.3 is 9.47 Å². The van der Waals surface area contributed by atoms with E-state index in [-0.39, 0.29) is 18.8 Å². The van der Waals surface area contributed by atoms with Crippen LogP contribution in [0.4, 0.5) is 0 Å². The molecule has 1 atom stereocenters. The Bertz CT molecular complexity index is 2240. The zero-order valence-corrected chi connectivity index (χ0v) is 32.4. The minimum Gasteiger partial charge on any atom is -0.487 e. The SMILES string of the molecule is CCOC(=O)C1=C(c2ccccc2)N=c2s/c(=C\c3cc(Br)cc(I)c3OCc3ccc(Cl)cc3Cl)c(=O)n2[C@H]1c1ccc(SC)cc1. The third-order valence-electron chi connectivity index (χ3n) is 7.52. The Morgan fingerprint density at radius 3 is 2.52 bits per heavy atom. The Kier molecular flexibility index (Phi) is 11.2. The molecule has 12 heteroatoms. The van der Waals surface area contributed by atoms with Crippen molar-refractivity contribution >= 4 is 103 Å². The van der Waals surface area contributed by atoms with E-state index in [1.54, 1.807) is 41.5 Å². The second-order valence-corrected chi connectivity index (χ2v) is 15.3. The first-order chi connectivity index (χ1) is 23.2. The number of rotatable bonds is 9. The fourth-order valence-corrected chi connectivity index (χ4v) is 8.88. The summed E-state index contributed by atoms with van der Waals surface area (Å²) < 4.78 is 15.6. The molecule has 6 nitrogen and oxygen atoms in total. The van der Waals surface area contributed by atoms with Gasteiger partial charge in [-0.3, -0.25) is 9.36 Å². The smallest absolute Gasteiger partial charge is 0.338 e. The van der Waals surface area contributed by atoms with Crippen molar-refractivity contribution < 1.29 is 14.3 Å². The molecular formula is C36H26BrCl2IN2O4S2. The van der Waals surface area contributed by atoms with E-state index in [9.17, 15) is 9.59 Å². The summed E-state index contributed by atoms with van der Waals surface area (Å²) in [6, 6.07) is 25.7. The van der Waals surface area contributed by atoms with Gasteiger partial charge in [-0.1, -0.05) is 99.0 Å². The molecule has 0 saturated carbocycles. The standard InChI is InChI=1S/C36H26BrCl2IN2O4S2/c1-3-45-35(44)30-31(20-7-5-4-6-8-20)41-36-42(32(30)21-10-13-26(47-2)14-11-21)34(43)29(48-36)16-23-15-24(37)17-28(40)33(23)46-19-22-9-12-25(38)18-27(22)39/h4-18,32H,3,19H2,1-2H3/b29-16-/t32-/m0/s1. The summed E-state index contributed by atoms with van der Waals surface area (Å²) in [5, 5.41) is 1.04. The summed E-state index contributed by atoms with van der Waals surface area (Å²) in [6.07, 6.45) is 3.81. The minimum atomic E-state index is -0.765. The number of halogens is 4. The molecule has 48 heavy (non-hydrogen) atoms. The lowest BCUT2D eigenvalue weighted by Crippen LogP contribution is -2.40. The summed E-state index contributed by atoms with van der Waals surface area (Å²) in [6.45, 7) is 2.14. The van der Waals surface area contributed by atoms with Gasteiger partial charge in [0.15, 0.2) is 4.80 Å². The summed E-state index contributed by atoms with van der Waals surface area (Å²) in [4.78, 5) is 34.7. The second kappa shape index (κ2) is 15.3. The molecule has 0 saturated heterocycles. The highest BCUT2D eigenvalue weighted by Gasteiger charge is 2.35. The normalized spacial score (nSPS) is 14.5. The van der Waals surface area contributed by atoms with Crippen molar-refractivity contribution in [3.8, 4) is 5.75 Å². The quantitative estimate of drug-likeness (QED) is 0.0841. The molecule has 0 amide bonds. The molecule has 0 N–H and O–H groups in total. The number of nitrogens with zero attached hydrogens (tertiary/aromatic N) is 2. The Labute approximate surface area is 317 Å². The van der Waals surface area contributed by atoms with Crippen molar-refractivity contribution in [2.24, 2.45) is 4.99 Å². The lowest BCUT2D eigenvalue weighted by molar-refractivity contribution is -0.138. The molecule has 1 aliphatic rings. The molecule has 0 unspecified atom stereocenters. The fourth-order valence-electron chi connectivity index (χ4n) is 5.31. The monoisotopic (exact) mass is 890 g/mol. The van der Waals surface area contributed by atoms with Crippen LogP contribution < -0.4 is 19.6 Å². The van der Waals surface area contributed by atoms with Crippen molar-refractivity contribution in [1.82, 2.24) is 4.57 Å². The van der Waals surface area contributed by atoms with Gasteiger partial charge in [0.2, 0.25) is 0 Å². The van der Waals surface area contributed by atoms with Gasteiger partial charge in [-0.05, 0) is 83.8 Å². The number of hydrogen-bond acceptors (Lipinski definition) is 7. The first kappa shape index (κ1) is 35.0. The molecule has 2 heterocycles. The van der Waals surface area contributed by atoms with E-state index in [1.165, 1.54) is 11.3 Å². The molecule has 0 radical (unpaired) electrons. The van der Waals surface area contributed by atoms with Gasteiger partial charge in [-0.2, -0.15) is 0 Å². The molecule has 6 rings (SSSR count). The Hall–Kier alpha value is -2.87. The zero-order valence-electron chi connectivity index (χ0n) is 25.5. The van der Waals surface area contributed by atoms with Crippen LogP contribution in [-0.4, -0.2) is 23.4 Å². The maximum absolute atomic E-state index is 14.5. The van der Waals surface area contributed by atoms with Crippen LogP contribution in [0, 0.1) is 3.57 Å². The largest absolute Gasteiger partial charge is 0.487 e. The zero-order chi connectivity index (χ0) is 33.9. The second-order valence-electron chi connectivity index (χ2n) is 10.5. The van der Waals surface area contributed by atoms with Crippen molar-refractivity contribution in [1.29, 1.82) is 0 Å². The number of esters is 1.